The highest BCUT2D eigenvalue weighted by Crippen LogP contribution is 2.39. The van der Waals surface area contributed by atoms with Crippen LogP contribution in [-0.2, 0) is 0 Å². The summed E-state index contributed by atoms with van der Waals surface area (Å²) >= 11 is 5.87. The van der Waals surface area contributed by atoms with Gasteiger partial charge in [0.2, 0.25) is 0 Å². The first-order valence-corrected chi connectivity index (χ1v) is 12.7. The molecule has 2 atom stereocenters. The zero-order chi connectivity index (χ0) is 24.9. The first-order chi connectivity index (χ1) is 17.6. The predicted molar refractivity (Wildman–Crippen MR) is 152 cm³/mol. The Balaban J connectivity index is 1.42. The van der Waals surface area contributed by atoms with Gasteiger partial charge in [0.15, 0.2) is 5.11 Å². The molecule has 1 fully saturated rings. The Labute approximate surface area is 218 Å². The molecule has 0 radical (unpaired) electrons. The number of para-hydroxylation sites is 1. The van der Waals surface area contributed by atoms with Crippen LogP contribution in [0.15, 0.2) is 97.3 Å². The minimum atomic E-state index is -0.0320. The van der Waals surface area contributed by atoms with Gasteiger partial charge in [0, 0.05) is 62.3 Å². The molecule has 0 unspecified atom stereocenters. The quantitative estimate of drug-likeness (QED) is 0.239. The van der Waals surface area contributed by atoms with Gasteiger partial charge in [-0.3, -0.25) is 4.98 Å². The monoisotopic (exact) mass is 496 g/mol. The zero-order valence-electron chi connectivity index (χ0n) is 20.7. The lowest BCUT2D eigenvalue weighted by Gasteiger charge is -2.29. The molecule has 0 amide bonds. The maximum Gasteiger partial charge on any atom is 0.170 e. The Morgan fingerprint density at radius 3 is 2.44 bits per heavy atom. The van der Waals surface area contributed by atoms with Gasteiger partial charge in [0.25, 0.3) is 0 Å². The van der Waals surface area contributed by atoms with E-state index in [1.165, 1.54) is 11.4 Å². The topological polar surface area (TPSA) is 48.4 Å². The van der Waals surface area contributed by atoms with E-state index in [-0.39, 0.29) is 12.1 Å². The van der Waals surface area contributed by atoms with Gasteiger partial charge in [-0.1, -0.05) is 24.3 Å². The third-order valence-corrected chi connectivity index (χ3v) is 6.96. The highest BCUT2D eigenvalue weighted by atomic mass is 32.1. The van der Waals surface area contributed by atoms with Crippen molar-refractivity contribution in [2.75, 3.05) is 37.4 Å². The molecule has 2 N–H and O–H groups in total. The smallest absolute Gasteiger partial charge is 0.170 e. The van der Waals surface area contributed by atoms with E-state index >= 15 is 0 Å². The van der Waals surface area contributed by atoms with Crippen LogP contribution in [0.5, 0.6) is 0 Å². The average Bonchev–Trinajstić information content (AvgIpc) is 3.52. The maximum absolute atomic E-state index is 5.87. The second-order valence-corrected chi connectivity index (χ2v) is 9.57. The average molecular weight is 497 g/mol. The van der Waals surface area contributed by atoms with E-state index in [2.05, 4.69) is 117 Å². The number of hydrogen-bond donors (Lipinski definition) is 2. The third-order valence-electron chi connectivity index (χ3n) is 6.60. The number of hydrogen-bond acceptors (Lipinski definition) is 4. The molecule has 4 aromatic rings. The van der Waals surface area contributed by atoms with Crippen molar-refractivity contribution in [2.45, 2.75) is 18.5 Å². The van der Waals surface area contributed by atoms with Gasteiger partial charge in [-0.2, -0.15) is 0 Å². The molecule has 3 heterocycles. The molecule has 1 saturated heterocycles. The maximum atomic E-state index is 5.87. The highest BCUT2D eigenvalue weighted by Gasteiger charge is 2.40. The molecule has 0 spiro atoms. The first-order valence-electron chi connectivity index (χ1n) is 12.3. The van der Waals surface area contributed by atoms with Crippen molar-refractivity contribution >= 4 is 28.7 Å². The lowest BCUT2D eigenvalue weighted by Crippen LogP contribution is -2.32. The van der Waals surface area contributed by atoms with Crippen molar-refractivity contribution in [1.29, 1.82) is 0 Å². The summed E-state index contributed by atoms with van der Waals surface area (Å²) in [5.41, 5.74) is 5.62. The first kappa shape index (κ1) is 23.9. The Hall–Kier alpha value is -3.84. The van der Waals surface area contributed by atoms with Crippen LogP contribution in [0.4, 0.5) is 11.4 Å². The molecule has 0 bridgehead atoms. The molecule has 0 saturated carbocycles. The highest BCUT2D eigenvalue weighted by molar-refractivity contribution is 7.80. The number of anilines is 2. The lowest BCUT2D eigenvalue weighted by molar-refractivity contribution is 0.307. The van der Waals surface area contributed by atoms with Crippen molar-refractivity contribution in [3.05, 3.63) is 109 Å². The SMILES string of the molecule is CN(C)c1ccc(-n2cccc2[C@H]2[C@@H](c3ccccn3)NC(=S)N2CCCNc2ccccc2)cc1. The number of benzene rings is 2. The Bertz CT molecular complexity index is 1270. The minimum absolute atomic E-state index is 0.0210. The van der Waals surface area contributed by atoms with Crippen LogP contribution in [-0.4, -0.2) is 46.7 Å². The molecule has 184 valence electrons. The summed E-state index contributed by atoms with van der Waals surface area (Å²) < 4.78 is 2.27. The number of nitrogens with zero attached hydrogens (tertiary/aromatic N) is 4. The fourth-order valence-electron chi connectivity index (χ4n) is 4.79. The largest absolute Gasteiger partial charge is 0.385 e. The van der Waals surface area contributed by atoms with Crippen molar-refractivity contribution in [2.24, 2.45) is 0 Å². The van der Waals surface area contributed by atoms with Crippen molar-refractivity contribution in [3.63, 3.8) is 0 Å². The van der Waals surface area contributed by atoms with Crippen LogP contribution in [0, 0.1) is 0 Å². The summed E-state index contributed by atoms with van der Waals surface area (Å²) in [6.07, 6.45) is 4.94. The molecule has 0 aliphatic carbocycles. The van der Waals surface area contributed by atoms with Crippen LogP contribution in [0.1, 0.15) is 29.9 Å². The Morgan fingerprint density at radius 2 is 1.72 bits per heavy atom. The fourth-order valence-corrected chi connectivity index (χ4v) is 5.12. The van der Waals surface area contributed by atoms with Gasteiger partial charge in [-0.25, -0.2) is 0 Å². The summed E-state index contributed by atoms with van der Waals surface area (Å²) in [6, 6.07) is 29.3. The summed E-state index contributed by atoms with van der Waals surface area (Å²) in [7, 11) is 4.12. The second-order valence-electron chi connectivity index (χ2n) is 9.18. The molecule has 5 rings (SSSR count). The normalized spacial score (nSPS) is 17.2. The van der Waals surface area contributed by atoms with Gasteiger partial charge in [-0.05, 0) is 79.3 Å². The van der Waals surface area contributed by atoms with Crippen LogP contribution in [0.25, 0.3) is 5.69 Å². The molecular weight excluding hydrogens is 464 g/mol. The van der Waals surface area contributed by atoms with E-state index in [9.17, 15) is 0 Å². The van der Waals surface area contributed by atoms with E-state index in [1.807, 2.05) is 24.4 Å². The molecule has 7 heteroatoms. The van der Waals surface area contributed by atoms with Gasteiger partial charge in [-0.15, -0.1) is 0 Å². The summed E-state index contributed by atoms with van der Waals surface area (Å²) in [5.74, 6) is 0. The van der Waals surface area contributed by atoms with Gasteiger partial charge >= 0.3 is 0 Å². The molecular formula is C29H32N6S. The summed E-state index contributed by atoms with van der Waals surface area (Å²) in [6.45, 7) is 1.71. The van der Waals surface area contributed by atoms with Crippen molar-refractivity contribution < 1.29 is 0 Å². The molecule has 2 aromatic heterocycles. The van der Waals surface area contributed by atoms with E-state index in [0.29, 0.717) is 0 Å². The summed E-state index contributed by atoms with van der Waals surface area (Å²) in [5, 5.41) is 7.86. The van der Waals surface area contributed by atoms with Gasteiger partial charge in [0.05, 0.1) is 17.8 Å². The molecule has 36 heavy (non-hydrogen) atoms. The Kier molecular flexibility index (Phi) is 7.18. The molecule has 2 aromatic carbocycles. The molecule has 1 aliphatic rings. The van der Waals surface area contributed by atoms with Gasteiger partial charge in [0.1, 0.15) is 0 Å². The number of nitrogens with one attached hydrogen (secondary N) is 2. The van der Waals surface area contributed by atoms with Crippen LogP contribution in [0.3, 0.4) is 0 Å². The predicted octanol–water partition coefficient (Wildman–Crippen LogP) is 5.41. The zero-order valence-corrected chi connectivity index (χ0v) is 21.5. The number of pyridine rings is 1. The third kappa shape index (κ3) is 5.06. The van der Waals surface area contributed by atoms with E-state index in [4.69, 9.17) is 12.2 Å². The molecule has 6 nitrogen and oxygen atoms in total. The van der Waals surface area contributed by atoms with E-state index < -0.39 is 0 Å². The van der Waals surface area contributed by atoms with Crippen LogP contribution < -0.4 is 15.5 Å². The van der Waals surface area contributed by atoms with Crippen LogP contribution in [0.2, 0.25) is 0 Å². The van der Waals surface area contributed by atoms with E-state index in [1.54, 1.807) is 0 Å². The minimum Gasteiger partial charge on any atom is -0.385 e. The van der Waals surface area contributed by atoms with E-state index in [0.717, 1.165) is 41.7 Å². The van der Waals surface area contributed by atoms with Crippen molar-refractivity contribution in [1.82, 2.24) is 19.8 Å². The summed E-state index contributed by atoms with van der Waals surface area (Å²) in [4.78, 5) is 9.12. The van der Waals surface area contributed by atoms with Gasteiger partial charge < -0.3 is 25.0 Å². The number of rotatable bonds is 9. The fraction of sp³-hybridized carbons (Fsp3) is 0.241. The van der Waals surface area contributed by atoms with Crippen molar-refractivity contribution in [3.8, 4) is 5.69 Å². The standard InChI is InChI=1S/C29H32N6S/c1-33(2)23-14-16-24(17-15-23)34-20-8-13-26(34)28-27(25-12-6-7-18-31-25)32-29(36)35(28)21-9-19-30-22-10-4-3-5-11-22/h3-8,10-18,20,27-28,30H,9,19,21H2,1-2H3,(H,32,36)/t27-,28+/m1/s1. The second kappa shape index (κ2) is 10.8. The lowest BCUT2D eigenvalue weighted by atomic mass is 10.0. The number of aromatic nitrogens is 2. The molecule has 1 aliphatic heterocycles. The van der Waals surface area contributed by atoms with Crippen LogP contribution >= 0.6 is 12.2 Å². The Morgan fingerprint density at radius 1 is 0.944 bits per heavy atom. The number of thiocarbonyl (C=S) groups is 1.